The van der Waals surface area contributed by atoms with E-state index in [1.807, 2.05) is 118 Å². The molecular weight excluding hydrogens is 486 g/mol. The van der Waals surface area contributed by atoms with Gasteiger partial charge in [-0.2, -0.15) is 0 Å². The number of hydrogen-bond donors (Lipinski definition) is 2. The van der Waals surface area contributed by atoms with E-state index in [9.17, 15) is 14.7 Å². The smallest absolute Gasteiger partial charge is 0.256 e. The fourth-order valence-corrected chi connectivity index (χ4v) is 5.75. The van der Waals surface area contributed by atoms with Gasteiger partial charge < -0.3 is 19.6 Å². The topological polar surface area (TPSA) is 76.3 Å². The zero-order chi connectivity index (χ0) is 26.5. The number of rotatable bonds is 5. The number of aliphatic hydroxyl groups excluding tert-OH is 1. The first-order valence-electron chi connectivity index (χ1n) is 13.0. The van der Waals surface area contributed by atoms with Crippen LogP contribution in [0.4, 0.5) is 5.69 Å². The molecule has 0 aliphatic carbocycles. The van der Waals surface area contributed by atoms with Crippen molar-refractivity contribution < 1.29 is 9.90 Å². The van der Waals surface area contributed by atoms with Crippen molar-refractivity contribution in [3.8, 4) is 0 Å². The van der Waals surface area contributed by atoms with E-state index in [0.717, 1.165) is 38.8 Å². The van der Waals surface area contributed by atoms with Gasteiger partial charge in [0.25, 0.3) is 5.91 Å². The lowest BCUT2D eigenvalue weighted by Gasteiger charge is -2.19. The Kier molecular flexibility index (Phi) is 5.42. The predicted octanol–water partition coefficient (Wildman–Crippen LogP) is 5.66. The van der Waals surface area contributed by atoms with Crippen LogP contribution in [-0.2, 0) is 17.9 Å². The van der Waals surface area contributed by atoms with Crippen LogP contribution in [0.3, 0.4) is 0 Å². The molecule has 7 rings (SSSR count). The molecule has 6 aromatic rings. The summed E-state index contributed by atoms with van der Waals surface area (Å²) in [6.07, 6.45) is 3.19. The lowest BCUT2D eigenvalue weighted by Crippen LogP contribution is -2.23. The number of carbonyl (C=O) groups is 1. The monoisotopic (exact) mass is 511 g/mol. The molecule has 1 amide bonds. The molecule has 1 atom stereocenters. The minimum absolute atomic E-state index is 0.00135. The molecule has 0 radical (unpaired) electrons. The van der Waals surface area contributed by atoms with Crippen LogP contribution in [0, 0.1) is 0 Å². The quantitative estimate of drug-likeness (QED) is 0.232. The molecule has 2 N–H and O–H groups in total. The second-order valence-corrected chi connectivity index (χ2v) is 9.94. The highest BCUT2D eigenvalue weighted by molar-refractivity contribution is 6.35. The molecule has 6 nitrogen and oxygen atoms in total. The van der Waals surface area contributed by atoms with Crippen molar-refractivity contribution in [2.24, 2.45) is 0 Å². The van der Waals surface area contributed by atoms with Crippen molar-refractivity contribution in [3.63, 3.8) is 0 Å². The standard InChI is InChI=1S/C33H25N3O3/c37-22(20-36-30-15-7-3-11-25(30)32(38)26-12-4-8-16-31(26)36)19-35-18-21(23-9-2-6-14-29(23)35)17-27-24-10-1-5-13-28(24)34-33(27)39/h1-18,22,37H,19-20H2,(H,34,39)/b27-17-/t22-/m1/s1. The van der Waals surface area contributed by atoms with E-state index < -0.39 is 6.10 Å². The van der Waals surface area contributed by atoms with Gasteiger partial charge in [-0.1, -0.05) is 60.7 Å². The third-order valence-corrected chi connectivity index (χ3v) is 7.51. The van der Waals surface area contributed by atoms with E-state index in [4.69, 9.17) is 0 Å². The van der Waals surface area contributed by atoms with Crippen LogP contribution in [0.15, 0.2) is 108 Å². The fourth-order valence-electron chi connectivity index (χ4n) is 5.75. The molecule has 0 saturated carbocycles. The zero-order valence-corrected chi connectivity index (χ0v) is 21.0. The maximum absolute atomic E-state index is 13.1. The second-order valence-electron chi connectivity index (χ2n) is 9.94. The van der Waals surface area contributed by atoms with Crippen LogP contribution in [0.1, 0.15) is 11.1 Å². The Morgan fingerprint density at radius 2 is 1.31 bits per heavy atom. The Labute approximate surface area is 224 Å². The summed E-state index contributed by atoms with van der Waals surface area (Å²) in [5.74, 6) is -0.120. The Bertz CT molecular complexity index is 1950. The summed E-state index contributed by atoms with van der Waals surface area (Å²) in [5, 5.41) is 16.6. The van der Waals surface area contributed by atoms with Crippen molar-refractivity contribution >= 4 is 56.0 Å². The molecule has 4 aromatic carbocycles. The summed E-state index contributed by atoms with van der Waals surface area (Å²) < 4.78 is 4.07. The van der Waals surface area contributed by atoms with Gasteiger partial charge in [0.15, 0.2) is 5.43 Å². The summed E-state index contributed by atoms with van der Waals surface area (Å²) in [6.45, 7) is 0.668. The molecule has 0 unspecified atom stereocenters. The van der Waals surface area contributed by atoms with E-state index in [1.54, 1.807) is 0 Å². The molecule has 39 heavy (non-hydrogen) atoms. The van der Waals surface area contributed by atoms with Crippen molar-refractivity contribution in [3.05, 3.63) is 125 Å². The summed E-state index contributed by atoms with van der Waals surface area (Å²) in [4.78, 5) is 25.8. The first-order chi connectivity index (χ1) is 19.1. The number of nitrogens with one attached hydrogen (secondary N) is 1. The fraction of sp³-hybridized carbons (Fsp3) is 0.0909. The van der Waals surface area contributed by atoms with Gasteiger partial charge in [-0.3, -0.25) is 9.59 Å². The Morgan fingerprint density at radius 3 is 2.03 bits per heavy atom. The van der Waals surface area contributed by atoms with Crippen molar-refractivity contribution in [2.75, 3.05) is 5.32 Å². The van der Waals surface area contributed by atoms with Gasteiger partial charge in [-0.25, -0.2) is 0 Å². The Hall–Kier alpha value is -4.94. The number of anilines is 1. The number of aromatic nitrogens is 2. The number of carbonyl (C=O) groups excluding carboxylic acids is 1. The summed E-state index contributed by atoms with van der Waals surface area (Å²) in [6, 6.07) is 30.8. The van der Waals surface area contributed by atoms with Gasteiger partial charge in [-0.15, -0.1) is 0 Å². The van der Waals surface area contributed by atoms with Gasteiger partial charge in [0.05, 0.1) is 30.2 Å². The third-order valence-electron chi connectivity index (χ3n) is 7.51. The molecule has 0 bridgehead atoms. The number of aliphatic hydroxyl groups is 1. The minimum Gasteiger partial charge on any atom is -0.389 e. The third kappa shape index (κ3) is 3.85. The lowest BCUT2D eigenvalue weighted by atomic mass is 10.0. The number of para-hydroxylation sites is 4. The molecule has 1 aliphatic heterocycles. The largest absolute Gasteiger partial charge is 0.389 e. The highest BCUT2D eigenvalue weighted by Crippen LogP contribution is 2.34. The normalized spacial score (nSPS) is 14.8. The molecule has 0 fully saturated rings. The lowest BCUT2D eigenvalue weighted by molar-refractivity contribution is -0.110. The van der Waals surface area contributed by atoms with Crippen LogP contribution in [0.25, 0.3) is 44.4 Å². The van der Waals surface area contributed by atoms with E-state index in [1.165, 1.54) is 0 Å². The highest BCUT2D eigenvalue weighted by atomic mass is 16.3. The summed E-state index contributed by atoms with van der Waals surface area (Å²) in [7, 11) is 0. The minimum atomic E-state index is -0.730. The number of nitrogens with zero attached hydrogens (tertiary/aromatic N) is 2. The van der Waals surface area contributed by atoms with Gasteiger partial charge >= 0.3 is 0 Å². The van der Waals surface area contributed by atoms with Gasteiger partial charge in [-0.05, 0) is 42.5 Å². The molecule has 2 aromatic heterocycles. The van der Waals surface area contributed by atoms with Crippen LogP contribution in [-0.4, -0.2) is 26.3 Å². The van der Waals surface area contributed by atoms with Crippen molar-refractivity contribution in [1.29, 1.82) is 0 Å². The first kappa shape index (κ1) is 23.2. The molecule has 0 spiro atoms. The number of pyridine rings is 1. The highest BCUT2D eigenvalue weighted by Gasteiger charge is 2.24. The zero-order valence-electron chi connectivity index (χ0n) is 21.0. The van der Waals surface area contributed by atoms with Gasteiger partial charge in [0.1, 0.15) is 0 Å². The van der Waals surface area contributed by atoms with E-state index in [0.29, 0.717) is 29.4 Å². The maximum atomic E-state index is 13.1. The SMILES string of the molecule is O=C1Nc2ccccc2/C1=C/c1cn(C[C@@H](O)Cn2c3ccccc3c(=O)c3ccccc32)c2ccccc12. The van der Waals surface area contributed by atoms with Crippen molar-refractivity contribution in [2.45, 2.75) is 19.2 Å². The molecule has 1 aliphatic rings. The molecule has 190 valence electrons. The number of amides is 1. The average Bonchev–Trinajstić information content (AvgIpc) is 3.47. The molecule has 3 heterocycles. The molecule has 6 heteroatoms. The summed E-state index contributed by atoms with van der Waals surface area (Å²) >= 11 is 0. The van der Waals surface area contributed by atoms with E-state index in [-0.39, 0.29) is 11.3 Å². The molecule has 0 saturated heterocycles. The van der Waals surface area contributed by atoms with E-state index >= 15 is 0 Å². The van der Waals surface area contributed by atoms with Crippen molar-refractivity contribution in [1.82, 2.24) is 9.13 Å². The van der Waals surface area contributed by atoms with Gasteiger partial charge in [0, 0.05) is 50.3 Å². The van der Waals surface area contributed by atoms with Crippen LogP contribution >= 0.6 is 0 Å². The van der Waals surface area contributed by atoms with E-state index in [2.05, 4.69) is 5.32 Å². The number of fused-ring (bicyclic) bond motifs is 4. The predicted molar refractivity (Wildman–Crippen MR) is 157 cm³/mol. The number of benzene rings is 4. The summed E-state index contributed by atoms with van der Waals surface area (Å²) in [5.41, 5.74) is 5.81. The number of hydrogen-bond acceptors (Lipinski definition) is 3. The van der Waals surface area contributed by atoms with Crippen LogP contribution in [0.2, 0.25) is 0 Å². The van der Waals surface area contributed by atoms with Gasteiger partial charge in [0.2, 0.25) is 0 Å². The Morgan fingerprint density at radius 1 is 0.718 bits per heavy atom. The average molecular weight is 512 g/mol. The maximum Gasteiger partial charge on any atom is 0.256 e. The Balaban J connectivity index is 1.28. The molecular formula is C33H25N3O3. The first-order valence-corrected chi connectivity index (χ1v) is 13.0. The van der Waals surface area contributed by atoms with Crippen LogP contribution in [0.5, 0.6) is 0 Å². The second kappa shape index (κ2) is 9.11. The van der Waals surface area contributed by atoms with Crippen LogP contribution < -0.4 is 10.7 Å².